The Kier molecular flexibility index (Phi) is 2.99. The number of aromatic nitrogens is 2. The van der Waals surface area contributed by atoms with Crippen LogP contribution in [-0.4, -0.2) is 30.1 Å². The monoisotopic (exact) mass is 220 g/mol. The lowest BCUT2D eigenvalue weighted by molar-refractivity contribution is 0.735. The highest BCUT2D eigenvalue weighted by Gasteiger charge is 2.27. The molecule has 1 saturated carbocycles. The summed E-state index contributed by atoms with van der Waals surface area (Å²) in [5.74, 6) is 3.51. The van der Waals surface area contributed by atoms with Gasteiger partial charge < -0.3 is 10.2 Å². The Balaban J connectivity index is 2.32. The number of rotatable bonds is 4. The van der Waals surface area contributed by atoms with Crippen LogP contribution in [0.25, 0.3) is 0 Å². The van der Waals surface area contributed by atoms with Crippen LogP contribution >= 0.6 is 0 Å². The van der Waals surface area contributed by atoms with Crippen molar-refractivity contribution in [1.82, 2.24) is 9.97 Å². The summed E-state index contributed by atoms with van der Waals surface area (Å²) < 4.78 is 0. The molecule has 0 spiro atoms. The van der Waals surface area contributed by atoms with Gasteiger partial charge in [0.2, 0.25) is 0 Å². The van der Waals surface area contributed by atoms with Crippen LogP contribution in [0.4, 0.5) is 11.6 Å². The second-order valence-corrected chi connectivity index (χ2v) is 4.70. The Morgan fingerprint density at radius 2 is 2.06 bits per heavy atom. The molecular weight excluding hydrogens is 200 g/mol. The van der Waals surface area contributed by atoms with Gasteiger partial charge in [-0.15, -0.1) is 0 Å². The van der Waals surface area contributed by atoms with E-state index in [2.05, 4.69) is 41.1 Å². The van der Waals surface area contributed by atoms with Crippen LogP contribution in [0.3, 0.4) is 0 Å². The lowest BCUT2D eigenvalue weighted by atomic mass is 10.3. The van der Waals surface area contributed by atoms with Crippen molar-refractivity contribution in [3.05, 3.63) is 11.9 Å². The highest BCUT2D eigenvalue weighted by molar-refractivity contribution is 5.49. The quantitative estimate of drug-likeness (QED) is 0.845. The van der Waals surface area contributed by atoms with Gasteiger partial charge in [-0.1, -0.05) is 0 Å². The van der Waals surface area contributed by atoms with Gasteiger partial charge in [-0.3, -0.25) is 0 Å². The van der Waals surface area contributed by atoms with Crippen molar-refractivity contribution in [3.8, 4) is 0 Å². The molecule has 16 heavy (non-hydrogen) atoms. The zero-order valence-corrected chi connectivity index (χ0v) is 10.5. The third-order valence-electron chi connectivity index (χ3n) is 3.06. The first-order valence-electron chi connectivity index (χ1n) is 5.91. The van der Waals surface area contributed by atoms with Crippen molar-refractivity contribution in [2.75, 3.05) is 24.3 Å². The van der Waals surface area contributed by atoms with Crippen LogP contribution in [0.15, 0.2) is 6.07 Å². The number of nitrogens with one attached hydrogen (secondary N) is 1. The first-order chi connectivity index (χ1) is 7.61. The zero-order chi connectivity index (χ0) is 11.7. The van der Waals surface area contributed by atoms with Gasteiger partial charge in [0.1, 0.15) is 17.5 Å². The molecule has 1 aliphatic rings. The van der Waals surface area contributed by atoms with Crippen molar-refractivity contribution in [2.24, 2.45) is 0 Å². The summed E-state index contributed by atoms with van der Waals surface area (Å²) in [6.07, 6.45) is 2.47. The SMILES string of the molecule is CNc1cc(N(C)C(C)C)nc(C2CC2)n1. The van der Waals surface area contributed by atoms with Crippen molar-refractivity contribution in [2.45, 2.75) is 38.6 Å². The van der Waals surface area contributed by atoms with Gasteiger partial charge >= 0.3 is 0 Å². The van der Waals surface area contributed by atoms with Crippen LogP contribution < -0.4 is 10.2 Å². The standard InChI is InChI=1S/C12H20N4/c1-8(2)16(4)11-7-10(13-3)14-12(15-11)9-5-6-9/h7-9H,5-6H2,1-4H3,(H,13,14,15). The molecule has 0 aromatic carbocycles. The maximum absolute atomic E-state index is 4.64. The minimum absolute atomic E-state index is 0.451. The fourth-order valence-electron chi connectivity index (χ4n) is 1.55. The Morgan fingerprint density at radius 3 is 2.56 bits per heavy atom. The van der Waals surface area contributed by atoms with E-state index in [4.69, 9.17) is 0 Å². The van der Waals surface area contributed by atoms with E-state index in [1.54, 1.807) is 0 Å². The summed E-state index contributed by atoms with van der Waals surface area (Å²) >= 11 is 0. The molecule has 0 bridgehead atoms. The van der Waals surface area contributed by atoms with E-state index in [1.165, 1.54) is 12.8 Å². The van der Waals surface area contributed by atoms with Crippen LogP contribution in [0.5, 0.6) is 0 Å². The van der Waals surface area contributed by atoms with E-state index in [1.807, 2.05) is 13.1 Å². The number of nitrogens with zero attached hydrogens (tertiary/aromatic N) is 3. The van der Waals surface area contributed by atoms with Crippen LogP contribution in [0.1, 0.15) is 38.4 Å². The van der Waals surface area contributed by atoms with E-state index < -0.39 is 0 Å². The van der Waals surface area contributed by atoms with Crippen molar-refractivity contribution in [3.63, 3.8) is 0 Å². The zero-order valence-electron chi connectivity index (χ0n) is 10.5. The summed E-state index contributed by atoms with van der Waals surface area (Å²) in [5.41, 5.74) is 0. The Morgan fingerprint density at radius 1 is 1.38 bits per heavy atom. The number of hydrogen-bond donors (Lipinski definition) is 1. The normalized spacial score (nSPS) is 15.3. The highest BCUT2D eigenvalue weighted by Crippen LogP contribution is 2.39. The molecule has 4 nitrogen and oxygen atoms in total. The summed E-state index contributed by atoms with van der Waals surface area (Å²) in [6, 6.07) is 2.46. The molecule has 1 fully saturated rings. The van der Waals surface area contributed by atoms with E-state index in [0.717, 1.165) is 17.5 Å². The lowest BCUT2D eigenvalue weighted by Crippen LogP contribution is -2.27. The van der Waals surface area contributed by atoms with Gasteiger partial charge in [0.25, 0.3) is 0 Å². The highest BCUT2D eigenvalue weighted by atomic mass is 15.2. The fraction of sp³-hybridized carbons (Fsp3) is 0.667. The minimum Gasteiger partial charge on any atom is -0.373 e. The Bertz CT molecular complexity index is 371. The van der Waals surface area contributed by atoms with Crippen molar-refractivity contribution >= 4 is 11.6 Å². The molecule has 1 heterocycles. The van der Waals surface area contributed by atoms with Gasteiger partial charge in [-0.25, -0.2) is 9.97 Å². The second-order valence-electron chi connectivity index (χ2n) is 4.70. The predicted molar refractivity (Wildman–Crippen MR) is 67.1 cm³/mol. The minimum atomic E-state index is 0.451. The maximum Gasteiger partial charge on any atom is 0.136 e. The summed E-state index contributed by atoms with van der Waals surface area (Å²) in [5, 5.41) is 3.11. The van der Waals surface area contributed by atoms with Gasteiger partial charge in [0, 0.05) is 32.1 Å². The molecule has 0 radical (unpaired) electrons. The molecule has 0 amide bonds. The van der Waals surface area contributed by atoms with E-state index >= 15 is 0 Å². The average molecular weight is 220 g/mol. The van der Waals surface area contributed by atoms with Gasteiger partial charge in [-0.05, 0) is 26.7 Å². The molecule has 1 aromatic heterocycles. The molecule has 1 aliphatic carbocycles. The molecule has 88 valence electrons. The summed E-state index contributed by atoms with van der Waals surface area (Å²) in [7, 11) is 3.97. The lowest BCUT2D eigenvalue weighted by Gasteiger charge is -2.23. The molecule has 1 aromatic rings. The third kappa shape index (κ3) is 2.26. The smallest absolute Gasteiger partial charge is 0.136 e. The topological polar surface area (TPSA) is 41.0 Å². The first-order valence-corrected chi connectivity index (χ1v) is 5.91. The number of hydrogen-bond acceptors (Lipinski definition) is 4. The molecule has 4 heteroatoms. The molecule has 0 atom stereocenters. The van der Waals surface area contributed by atoms with Crippen molar-refractivity contribution in [1.29, 1.82) is 0 Å². The van der Waals surface area contributed by atoms with Crippen LogP contribution in [0, 0.1) is 0 Å². The molecular formula is C12H20N4. The first kappa shape index (κ1) is 11.2. The number of anilines is 2. The second kappa shape index (κ2) is 4.28. The molecule has 0 unspecified atom stereocenters. The molecule has 1 N–H and O–H groups in total. The predicted octanol–water partition coefficient (Wildman–Crippen LogP) is 2.24. The van der Waals surface area contributed by atoms with Gasteiger partial charge in [-0.2, -0.15) is 0 Å². The van der Waals surface area contributed by atoms with Crippen molar-refractivity contribution < 1.29 is 0 Å². The average Bonchev–Trinajstić information content (AvgIpc) is 3.11. The Hall–Kier alpha value is -1.32. The molecule has 0 saturated heterocycles. The third-order valence-corrected chi connectivity index (χ3v) is 3.06. The summed E-state index contributed by atoms with van der Waals surface area (Å²) in [4.78, 5) is 11.3. The van der Waals surface area contributed by atoms with E-state index in [-0.39, 0.29) is 0 Å². The van der Waals surface area contributed by atoms with Gasteiger partial charge in [0.15, 0.2) is 0 Å². The van der Waals surface area contributed by atoms with E-state index in [0.29, 0.717) is 12.0 Å². The van der Waals surface area contributed by atoms with Gasteiger partial charge in [0.05, 0.1) is 0 Å². The van der Waals surface area contributed by atoms with E-state index in [9.17, 15) is 0 Å². The van der Waals surface area contributed by atoms with Crippen LogP contribution in [-0.2, 0) is 0 Å². The maximum atomic E-state index is 4.64. The summed E-state index contributed by atoms with van der Waals surface area (Å²) in [6.45, 7) is 4.33. The molecule has 0 aliphatic heterocycles. The molecule has 2 rings (SSSR count). The Labute approximate surface area is 97.1 Å². The van der Waals surface area contributed by atoms with Crippen LogP contribution in [0.2, 0.25) is 0 Å². The fourth-order valence-corrected chi connectivity index (χ4v) is 1.55. The largest absolute Gasteiger partial charge is 0.373 e.